The van der Waals surface area contributed by atoms with Gasteiger partial charge >= 0.3 is 0 Å². The van der Waals surface area contributed by atoms with Gasteiger partial charge in [-0.1, -0.05) is 42.5 Å². The second kappa shape index (κ2) is 7.36. The van der Waals surface area contributed by atoms with E-state index in [-0.39, 0.29) is 5.91 Å². The Bertz CT molecular complexity index is 1140. The first-order valence-electron chi connectivity index (χ1n) is 11.2. The van der Waals surface area contributed by atoms with Crippen molar-refractivity contribution in [1.29, 1.82) is 0 Å². The van der Waals surface area contributed by atoms with Crippen molar-refractivity contribution in [3.63, 3.8) is 0 Å². The number of rotatable bonds is 5. The fourth-order valence-electron chi connectivity index (χ4n) is 4.74. The molecule has 3 aromatic rings. The third kappa shape index (κ3) is 3.20. The van der Waals surface area contributed by atoms with Gasteiger partial charge in [-0.15, -0.1) is 0 Å². The van der Waals surface area contributed by atoms with Gasteiger partial charge in [0.15, 0.2) is 0 Å². The van der Waals surface area contributed by atoms with Crippen molar-refractivity contribution >= 4 is 28.1 Å². The quantitative estimate of drug-likeness (QED) is 0.652. The van der Waals surface area contributed by atoms with Crippen LogP contribution in [0.4, 0.5) is 11.4 Å². The lowest BCUT2D eigenvalue weighted by Gasteiger charge is -2.32. The van der Waals surface area contributed by atoms with Crippen molar-refractivity contribution in [3.8, 4) is 0 Å². The Balaban J connectivity index is 1.32. The first-order chi connectivity index (χ1) is 15.2. The number of nitrogens with one attached hydrogen (secondary N) is 1. The minimum atomic E-state index is -1.28. The maximum atomic E-state index is 13.4. The molecule has 0 atom stereocenters. The van der Waals surface area contributed by atoms with Crippen molar-refractivity contribution in [2.24, 2.45) is 5.92 Å². The van der Waals surface area contributed by atoms with Gasteiger partial charge in [0.2, 0.25) is 0 Å². The van der Waals surface area contributed by atoms with Crippen molar-refractivity contribution in [2.75, 3.05) is 30.0 Å². The highest BCUT2D eigenvalue weighted by Gasteiger charge is 2.55. The Hall–Kier alpha value is -2.89. The Kier molecular flexibility index (Phi) is 4.47. The molecule has 0 aromatic heterocycles. The highest BCUT2D eigenvalue weighted by Crippen LogP contribution is 2.47. The summed E-state index contributed by atoms with van der Waals surface area (Å²) >= 11 is 0. The molecule has 1 amide bonds. The SMILES string of the molecule is O=C1N(CC2CC2)c2ccc(NCc3cccc4ccccc34)cc2C12OCCCO2. The van der Waals surface area contributed by atoms with Crippen LogP contribution >= 0.6 is 0 Å². The minimum Gasteiger partial charge on any atom is -0.381 e. The standard InChI is InChI=1S/C26H26N2O3/c29-25-26(30-13-4-14-31-26)23-15-21(11-12-24(23)28(25)17-18-9-10-18)27-16-20-7-3-6-19-5-1-2-8-22(19)20/h1-3,5-8,11-12,15,18,27H,4,9-10,13-14,16-17H2. The number of benzene rings is 3. The van der Waals surface area contributed by atoms with Crippen LogP contribution in [0, 0.1) is 5.92 Å². The molecule has 1 saturated carbocycles. The molecule has 2 fully saturated rings. The molecule has 0 bridgehead atoms. The molecule has 5 nitrogen and oxygen atoms in total. The van der Waals surface area contributed by atoms with Crippen LogP contribution in [0.15, 0.2) is 60.7 Å². The van der Waals surface area contributed by atoms with Crippen LogP contribution in [0.2, 0.25) is 0 Å². The number of carbonyl (C=O) groups excluding carboxylic acids is 1. The molecule has 3 aromatic carbocycles. The second-order valence-corrected chi connectivity index (χ2v) is 8.75. The molecule has 31 heavy (non-hydrogen) atoms. The second-order valence-electron chi connectivity index (χ2n) is 8.75. The molecule has 158 valence electrons. The fraction of sp³-hybridized carbons (Fsp3) is 0.346. The van der Waals surface area contributed by atoms with Gasteiger partial charge in [0.25, 0.3) is 11.7 Å². The topological polar surface area (TPSA) is 50.8 Å². The molecule has 6 rings (SSSR count). The van der Waals surface area contributed by atoms with Gasteiger partial charge in [0.05, 0.1) is 18.9 Å². The first-order valence-corrected chi connectivity index (χ1v) is 11.2. The lowest BCUT2D eigenvalue weighted by Crippen LogP contribution is -2.47. The van der Waals surface area contributed by atoms with E-state index >= 15 is 0 Å². The van der Waals surface area contributed by atoms with Crippen LogP contribution < -0.4 is 10.2 Å². The number of anilines is 2. The molecular weight excluding hydrogens is 388 g/mol. The van der Waals surface area contributed by atoms with E-state index in [0.717, 1.165) is 29.9 Å². The summed E-state index contributed by atoms with van der Waals surface area (Å²) in [7, 11) is 0. The summed E-state index contributed by atoms with van der Waals surface area (Å²) in [4.78, 5) is 15.3. The monoisotopic (exact) mass is 414 g/mol. The lowest BCUT2D eigenvalue weighted by molar-refractivity contribution is -0.256. The molecule has 2 aliphatic heterocycles. The van der Waals surface area contributed by atoms with Crippen LogP contribution in [0.5, 0.6) is 0 Å². The maximum Gasteiger partial charge on any atom is 0.292 e. The van der Waals surface area contributed by atoms with Gasteiger partial charge in [-0.05, 0) is 59.7 Å². The van der Waals surface area contributed by atoms with Gasteiger partial charge in [0.1, 0.15) is 0 Å². The molecule has 3 aliphatic rings. The highest BCUT2D eigenvalue weighted by atomic mass is 16.7. The van der Waals surface area contributed by atoms with Gasteiger partial charge in [0, 0.05) is 24.3 Å². The maximum absolute atomic E-state index is 13.4. The van der Waals surface area contributed by atoms with E-state index in [1.165, 1.54) is 29.2 Å². The van der Waals surface area contributed by atoms with Crippen molar-refractivity contribution in [2.45, 2.75) is 31.6 Å². The van der Waals surface area contributed by atoms with Gasteiger partial charge in [-0.25, -0.2) is 0 Å². The average molecular weight is 415 g/mol. The van der Waals surface area contributed by atoms with Crippen LogP contribution in [-0.2, 0) is 26.6 Å². The molecule has 1 saturated heterocycles. The Morgan fingerprint density at radius 1 is 1.00 bits per heavy atom. The number of fused-ring (bicyclic) bond motifs is 3. The molecule has 0 unspecified atom stereocenters. The predicted octanol–water partition coefficient (Wildman–Crippen LogP) is 4.80. The van der Waals surface area contributed by atoms with E-state index < -0.39 is 5.79 Å². The number of ether oxygens (including phenoxy) is 2. The van der Waals surface area contributed by atoms with Gasteiger partial charge in [-0.3, -0.25) is 4.79 Å². The van der Waals surface area contributed by atoms with Crippen LogP contribution in [0.1, 0.15) is 30.4 Å². The minimum absolute atomic E-state index is 0.0692. The molecule has 1 aliphatic carbocycles. The molecule has 5 heteroatoms. The van der Waals surface area contributed by atoms with Crippen LogP contribution in [-0.4, -0.2) is 25.7 Å². The van der Waals surface area contributed by atoms with E-state index in [4.69, 9.17) is 9.47 Å². The van der Waals surface area contributed by atoms with E-state index in [2.05, 4.69) is 53.8 Å². The van der Waals surface area contributed by atoms with Crippen LogP contribution in [0.25, 0.3) is 10.8 Å². The van der Waals surface area contributed by atoms with Crippen molar-refractivity contribution in [3.05, 3.63) is 71.8 Å². The highest BCUT2D eigenvalue weighted by molar-refractivity contribution is 6.06. The molecule has 2 heterocycles. The summed E-state index contributed by atoms with van der Waals surface area (Å²) in [5, 5.41) is 6.03. The van der Waals surface area contributed by atoms with Crippen molar-refractivity contribution < 1.29 is 14.3 Å². The Morgan fingerprint density at radius 3 is 2.65 bits per heavy atom. The summed E-state index contributed by atoms with van der Waals surface area (Å²) < 4.78 is 12.1. The number of amides is 1. The van der Waals surface area contributed by atoms with Gasteiger partial charge in [-0.2, -0.15) is 0 Å². The molecule has 1 spiro atoms. The Morgan fingerprint density at radius 2 is 1.81 bits per heavy atom. The normalized spacial score (nSPS) is 19.7. The lowest BCUT2D eigenvalue weighted by atomic mass is 10.0. The summed E-state index contributed by atoms with van der Waals surface area (Å²) in [5.74, 6) is -0.750. The number of hydrogen-bond donors (Lipinski definition) is 1. The Labute approximate surface area is 182 Å². The van der Waals surface area contributed by atoms with E-state index in [0.29, 0.717) is 25.7 Å². The third-order valence-corrected chi connectivity index (χ3v) is 6.57. The summed E-state index contributed by atoms with van der Waals surface area (Å²) in [6, 6.07) is 20.9. The number of hydrogen-bond acceptors (Lipinski definition) is 4. The number of carbonyl (C=O) groups is 1. The van der Waals surface area contributed by atoms with Crippen LogP contribution in [0.3, 0.4) is 0 Å². The van der Waals surface area contributed by atoms with E-state index in [1.807, 2.05) is 17.0 Å². The molecular formula is C26H26N2O3. The zero-order chi connectivity index (χ0) is 20.8. The summed E-state index contributed by atoms with van der Waals surface area (Å²) in [6.07, 6.45) is 3.20. The zero-order valence-corrected chi connectivity index (χ0v) is 17.5. The zero-order valence-electron chi connectivity index (χ0n) is 17.5. The number of nitrogens with zero attached hydrogens (tertiary/aromatic N) is 1. The summed E-state index contributed by atoms with van der Waals surface area (Å²) in [5.41, 5.74) is 3.96. The smallest absolute Gasteiger partial charge is 0.292 e. The fourth-order valence-corrected chi connectivity index (χ4v) is 4.74. The van der Waals surface area contributed by atoms with E-state index in [1.54, 1.807) is 0 Å². The van der Waals surface area contributed by atoms with Crippen molar-refractivity contribution in [1.82, 2.24) is 0 Å². The molecule has 1 N–H and O–H groups in total. The summed E-state index contributed by atoms with van der Waals surface area (Å²) in [6.45, 7) is 2.53. The largest absolute Gasteiger partial charge is 0.381 e. The predicted molar refractivity (Wildman–Crippen MR) is 121 cm³/mol. The van der Waals surface area contributed by atoms with E-state index in [9.17, 15) is 4.79 Å². The average Bonchev–Trinajstić information content (AvgIpc) is 3.62. The van der Waals surface area contributed by atoms with Gasteiger partial charge < -0.3 is 19.7 Å². The third-order valence-electron chi connectivity index (χ3n) is 6.57. The molecule has 0 radical (unpaired) electrons. The first kappa shape index (κ1) is 18.8.